The summed E-state index contributed by atoms with van der Waals surface area (Å²) < 4.78 is 10.1. The molecule has 0 saturated heterocycles. The van der Waals surface area contributed by atoms with Crippen molar-refractivity contribution in [2.75, 3.05) is 13.7 Å². The van der Waals surface area contributed by atoms with E-state index in [1.807, 2.05) is 30.3 Å². The van der Waals surface area contributed by atoms with Gasteiger partial charge in [0.1, 0.15) is 6.10 Å². The Morgan fingerprint density at radius 1 is 1.40 bits per heavy atom. The molecule has 0 aliphatic carbocycles. The second-order valence-corrected chi connectivity index (χ2v) is 3.33. The summed E-state index contributed by atoms with van der Waals surface area (Å²) in [5.41, 5.74) is 1.64. The summed E-state index contributed by atoms with van der Waals surface area (Å²) in [4.78, 5) is 11.2. The van der Waals surface area contributed by atoms with E-state index in [0.29, 0.717) is 12.2 Å². The molecule has 15 heavy (non-hydrogen) atoms. The Morgan fingerprint density at radius 2 is 2.13 bits per heavy atom. The minimum Gasteiger partial charge on any atom is -0.466 e. The van der Waals surface area contributed by atoms with Crippen LogP contribution >= 0.6 is 0 Å². The molecule has 0 N–H and O–H groups in total. The fraction of sp³-hybridized carbons (Fsp3) is 0.250. The largest absolute Gasteiger partial charge is 0.466 e. The normalized spacial score (nSPS) is 19.8. The minimum absolute atomic E-state index is 0.125. The maximum absolute atomic E-state index is 11.2. The van der Waals surface area contributed by atoms with Crippen LogP contribution in [0.25, 0.3) is 0 Å². The van der Waals surface area contributed by atoms with Crippen LogP contribution in [-0.4, -0.2) is 19.7 Å². The SMILES string of the molecule is COC(=O)C1=CC(c2ccccc2)OC1. The molecule has 0 aromatic heterocycles. The summed E-state index contributed by atoms with van der Waals surface area (Å²) in [6.45, 7) is 0.326. The average Bonchev–Trinajstić information content (AvgIpc) is 2.78. The number of rotatable bonds is 2. The fourth-order valence-electron chi connectivity index (χ4n) is 1.55. The predicted molar refractivity (Wildman–Crippen MR) is 55.2 cm³/mol. The number of carbonyl (C=O) groups excluding carboxylic acids is 1. The molecule has 0 radical (unpaired) electrons. The lowest BCUT2D eigenvalue weighted by molar-refractivity contribution is -0.136. The number of benzene rings is 1. The third-order valence-electron chi connectivity index (χ3n) is 2.35. The lowest BCUT2D eigenvalue weighted by Gasteiger charge is -2.06. The molecule has 2 rings (SSSR count). The monoisotopic (exact) mass is 204 g/mol. The van der Waals surface area contributed by atoms with Crippen LogP contribution in [-0.2, 0) is 14.3 Å². The molecule has 1 heterocycles. The summed E-state index contributed by atoms with van der Waals surface area (Å²) in [6.07, 6.45) is 1.68. The van der Waals surface area contributed by atoms with Gasteiger partial charge in [-0.1, -0.05) is 30.3 Å². The smallest absolute Gasteiger partial charge is 0.335 e. The molecule has 1 atom stereocenters. The Balaban J connectivity index is 2.16. The van der Waals surface area contributed by atoms with E-state index < -0.39 is 0 Å². The highest BCUT2D eigenvalue weighted by molar-refractivity contribution is 5.89. The van der Waals surface area contributed by atoms with Gasteiger partial charge in [-0.3, -0.25) is 0 Å². The van der Waals surface area contributed by atoms with Crippen molar-refractivity contribution in [1.82, 2.24) is 0 Å². The van der Waals surface area contributed by atoms with E-state index in [0.717, 1.165) is 5.56 Å². The van der Waals surface area contributed by atoms with E-state index in [1.54, 1.807) is 6.08 Å². The highest BCUT2D eigenvalue weighted by Crippen LogP contribution is 2.26. The molecule has 0 spiro atoms. The number of ether oxygens (including phenoxy) is 2. The molecule has 78 valence electrons. The van der Waals surface area contributed by atoms with Crippen molar-refractivity contribution in [3.63, 3.8) is 0 Å². The summed E-state index contributed by atoms with van der Waals surface area (Å²) in [6, 6.07) is 9.79. The van der Waals surface area contributed by atoms with Gasteiger partial charge in [0.2, 0.25) is 0 Å². The molecular weight excluding hydrogens is 192 g/mol. The van der Waals surface area contributed by atoms with Crippen LogP contribution in [0.15, 0.2) is 42.0 Å². The fourth-order valence-corrected chi connectivity index (χ4v) is 1.55. The van der Waals surface area contributed by atoms with Crippen LogP contribution in [0.5, 0.6) is 0 Å². The molecule has 0 bridgehead atoms. The van der Waals surface area contributed by atoms with Crippen molar-refractivity contribution in [3.05, 3.63) is 47.5 Å². The summed E-state index contributed by atoms with van der Waals surface area (Å²) >= 11 is 0. The molecule has 3 heteroatoms. The zero-order valence-corrected chi connectivity index (χ0v) is 8.47. The van der Waals surface area contributed by atoms with Crippen LogP contribution in [0.4, 0.5) is 0 Å². The minimum atomic E-state index is -0.312. The highest BCUT2D eigenvalue weighted by atomic mass is 16.5. The number of methoxy groups -OCH3 is 1. The van der Waals surface area contributed by atoms with Crippen LogP contribution in [0.3, 0.4) is 0 Å². The summed E-state index contributed by atoms with van der Waals surface area (Å²) in [5.74, 6) is -0.312. The third-order valence-corrected chi connectivity index (χ3v) is 2.35. The van der Waals surface area contributed by atoms with E-state index in [1.165, 1.54) is 7.11 Å². The lowest BCUT2D eigenvalue weighted by atomic mass is 10.1. The van der Waals surface area contributed by atoms with Crippen LogP contribution < -0.4 is 0 Å². The van der Waals surface area contributed by atoms with E-state index in [4.69, 9.17) is 4.74 Å². The van der Waals surface area contributed by atoms with E-state index in [-0.39, 0.29) is 12.1 Å². The van der Waals surface area contributed by atoms with Gasteiger partial charge in [-0.25, -0.2) is 4.79 Å². The molecule has 1 unspecified atom stereocenters. The molecule has 3 nitrogen and oxygen atoms in total. The van der Waals surface area contributed by atoms with Crippen molar-refractivity contribution >= 4 is 5.97 Å². The molecule has 1 aromatic rings. The van der Waals surface area contributed by atoms with Gasteiger partial charge in [0.15, 0.2) is 0 Å². The van der Waals surface area contributed by atoms with Crippen LogP contribution in [0, 0.1) is 0 Å². The summed E-state index contributed by atoms with van der Waals surface area (Å²) in [7, 11) is 1.37. The lowest BCUT2D eigenvalue weighted by Crippen LogP contribution is -2.05. The van der Waals surface area contributed by atoms with E-state index in [9.17, 15) is 4.79 Å². The zero-order chi connectivity index (χ0) is 10.7. The molecule has 0 amide bonds. The second-order valence-electron chi connectivity index (χ2n) is 3.33. The third kappa shape index (κ3) is 2.07. The van der Waals surface area contributed by atoms with Crippen LogP contribution in [0.1, 0.15) is 11.7 Å². The van der Waals surface area contributed by atoms with E-state index >= 15 is 0 Å². The Morgan fingerprint density at radius 3 is 2.80 bits per heavy atom. The average molecular weight is 204 g/mol. The van der Waals surface area contributed by atoms with Crippen molar-refractivity contribution < 1.29 is 14.3 Å². The van der Waals surface area contributed by atoms with E-state index in [2.05, 4.69) is 4.74 Å². The van der Waals surface area contributed by atoms with Gasteiger partial charge in [-0.2, -0.15) is 0 Å². The number of hydrogen-bond donors (Lipinski definition) is 0. The first-order valence-corrected chi connectivity index (χ1v) is 4.77. The Kier molecular flexibility index (Phi) is 2.83. The van der Waals surface area contributed by atoms with Gasteiger partial charge in [-0.05, 0) is 11.6 Å². The zero-order valence-electron chi connectivity index (χ0n) is 8.47. The second kappa shape index (κ2) is 4.28. The molecule has 1 aliphatic heterocycles. The van der Waals surface area contributed by atoms with Gasteiger partial charge in [0, 0.05) is 0 Å². The van der Waals surface area contributed by atoms with Gasteiger partial charge in [-0.15, -0.1) is 0 Å². The molecule has 0 fully saturated rings. The Bertz CT molecular complexity index is 381. The Hall–Kier alpha value is -1.61. The van der Waals surface area contributed by atoms with Crippen LogP contribution in [0.2, 0.25) is 0 Å². The maximum Gasteiger partial charge on any atom is 0.335 e. The Labute approximate surface area is 88.3 Å². The van der Waals surface area contributed by atoms with Gasteiger partial charge < -0.3 is 9.47 Å². The van der Waals surface area contributed by atoms with Crippen molar-refractivity contribution in [3.8, 4) is 0 Å². The predicted octanol–water partition coefficient (Wildman–Crippen LogP) is 1.86. The number of carbonyl (C=O) groups is 1. The van der Waals surface area contributed by atoms with Crippen molar-refractivity contribution in [2.24, 2.45) is 0 Å². The topological polar surface area (TPSA) is 35.5 Å². The first-order valence-electron chi connectivity index (χ1n) is 4.77. The van der Waals surface area contributed by atoms with Gasteiger partial charge >= 0.3 is 5.97 Å². The van der Waals surface area contributed by atoms with Gasteiger partial charge in [0.05, 0.1) is 19.3 Å². The maximum atomic E-state index is 11.2. The first-order chi connectivity index (χ1) is 7.31. The molecule has 1 aromatic carbocycles. The summed E-state index contributed by atoms with van der Waals surface area (Å²) in [5, 5.41) is 0. The van der Waals surface area contributed by atoms with Crippen molar-refractivity contribution in [1.29, 1.82) is 0 Å². The quantitative estimate of drug-likeness (QED) is 0.690. The number of esters is 1. The van der Waals surface area contributed by atoms with Gasteiger partial charge in [0.25, 0.3) is 0 Å². The molecule has 0 saturated carbocycles. The number of hydrogen-bond acceptors (Lipinski definition) is 3. The van der Waals surface area contributed by atoms with Crippen molar-refractivity contribution in [2.45, 2.75) is 6.10 Å². The molecule has 1 aliphatic rings. The first kappa shape index (κ1) is 9.93. The molecular formula is C12H12O3. The standard InChI is InChI=1S/C12H12O3/c1-14-12(13)10-7-11(15-8-10)9-5-3-2-4-6-9/h2-7,11H,8H2,1H3. The highest BCUT2D eigenvalue weighted by Gasteiger charge is 2.22.